The molecule has 172 valence electrons. The molecule has 8 rings (SSSR count). The van der Waals surface area contributed by atoms with Crippen LogP contribution in [0.3, 0.4) is 0 Å². The number of fused-ring (bicyclic) bond motifs is 8. The standard InChI is InChI=1S/C30H23NO4/c1-2-4-20-11-18(5-6-19(20)3-1)12-24-22-7-8-26-30(35-17-32-26)25(22)15-31-10-9-21-13-27-28(34-16-33-27)14-23(21)29(24)31/h1-8,11,13-14H,9-10,12,15-17H2. The fraction of sp³-hybridized carbons (Fsp3) is 0.200. The molecule has 0 amide bonds. The molecule has 0 atom stereocenters. The van der Waals surface area contributed by atoms with Gasteiger partial charge in [-0.3, -0.25) is 0 Å². The summed E-state index contributed by atoms with van der Waals surface area (Å²) in [4.78, 5) is 2.51. The Hall–Kier alpha value is -4.12. The molecule has 0 fully saturated rings. The van der Waals surface area contributed by atoms with E-state index in [0.29, 0.717) is 0 Å². The molecule has 4 aliphatic heterocycles. The predicted molar refractivity (Wildman–Crippen MR) is 134 cm³/mol. The Balaban J connectivity index is 1.36. The van der Waals surface area contributed by atoms with Gasteiger partial charge in [-0.2, -0.15) is 0 Å². The number of hydrogen-bond donors (Lipinski definition) is 0. The molecule has 0 N–H and O–H groups in total. The maximum atomic E-state index is 5.95. The highest BCUT2D eigenvalue weighted by molar-refractivity contribution is 5.96. The van der Waals surface area contributed by atoms with E-state index in [2.05, 4.69) is 71.6 Å². The quantitative estimate of drug-likeness (QED) is 0.379. The van der Waals surface area contributed by atoms with Crippen LogP contribution in [0.25, 0.3) is 22.0 Å². The van der Waals surface area contributed by atoms with Crippen molar-refractivity contribution in [1.29, 1.82) is 0 Å². The molecule has 35 heavy (non-hydrogen) atoms. The molecule has 0 aliphatic carbocycles. The normalized spacial score (nSPS) is 16.9. The van der Waals surface area contributed by atoms with Gasteiger partial charge >= 0.3 is 0 Å². The molecule has 0 radical (unpaired) electrons. The topological polar surface area (TPSA) is 40.2 Å². The zero-order chi connectivity index (χ0) is 22.9. The van der Waals surface area contributed by atoms with Gasteiger partial charge < -0.3 is 23.8 Å². The van der Waals surface area contributed by atoms with Crippen molar-refractivity contribution in [2.45, 2.75) is 19.4 Å². The van der Waals surface area contributed by atoms with E-state index >= 15 is 0 Å². The summed E-state index contributed by atoms with van der Waals surface area (Å²) < 4.78 is 23.1. The van der Waals surface area contributed by atoms with Gasteiger partial charge in [0.05, 0.1) is 0 Å². The van der Waals surface area contributed by atoms with Crippen molar-refractivity contribution in [3.8, 4) is 23.0 Å². The monoisotopic (exact) mass is 461 g/mol. The van der Waals surface area contributed by atoms with E-state index in [0.717, 1.165) is 48.9 Å². The first-order valence-electron chi connectivity index (χ1n) is 12.1. The van der Waals surface area contributed by atoms with E-state index < -0.39 is 0 Å². The van der Waals surface area contributed by atoms with Crippen molar-refractivity contribution in [2.75, 3.05) is 20.1 Å². The lowest BCUT2D eigenvalue weighted by Gasteiger charge is -2.40. The van der Waals surface area contributed by atoms with Crippen molar-refractivity contribution in [2.24, 2.45) is 0 Å². The van der Waals surface area contributed by atoms with Crippen LogP contribution >= 0.6 is 0 Å². The van der Waals surface area contributed by atoms with Crippen molar-refractivity contribution in [3.63, 3.8) is 0 Å². The predicted octanol–water partition coefficient (Wildman–Crippen LogP) is 5.78. The molecular weight excluding hydrogens is 438 g/mol. The molecule has 0 aromatic heterocycles. The van der Waals surface area contributed by atoms with Gasteiger partial charge in [0.1, 0.15) is 0 Å². The SMILES string of the molecule is c1ccc2cc(CC3=C4c5cc6c(cc5CCN4Cc4c3ccc3c4OCO3)OCO6)ccc2c1. The lowest BCUT2D eigenvalue weighted by Crippen LogP contribution is -2.33. The second kappa shape index (κ2) is 7.19. The number of allylic oxidation sites excluding steroid dienone is 1. The molecule has 4 aromatic rings. The maximum Gasteiger partial charge on any atom is 0.231 e. The Bertz CT molecular complexity index is 1570. The van der Waals surface area contributed by atoms with Crippen LogP contribution in [0.2, 0.25) is 0 Å². The summed E-state index contributed by atoms with van der Waals surface area (Å²) in [7, 11) is 0. The van der Waals surface area contributed by atoms with Crippen LogP contribution in [0, 0.1) is 0 Å². The number of benzene rings is 4. The van der Waals surface area contributed by atoms with Crippen molar-refractivity contribution in [3.05, 3.63) is 94.5 Å². The maximum absolute atomic E-state index is 5.95. The highest BCUT2D eigenvalue weighted by atomic mass is 16.7. The lowest BCUT2D eigenvalue weighted by atomic mass is 9.82. The minimum Gasteiger partial charge on any atom is -0.454 e. The Labute approximate surface area is 203 Å². The number of nitrogens with zero attached hydrogens (tertiary/aromatic N) is 1. The molecule has 4 aliphatic rings. The summed E-state index contributed by atoms with van der Waals surface area (Å²) >= 11 is 0. The van der Waals surface area contributed by atoms with Crippen LogP contribution in [0.1, 0.15) is 27.8 Å². The first-order chi connectivity index (χ1) is 17.3. The average Bonchev–Trinajstić information content (AvgIpc) is 3.56. The first kappa shape index (κ1) is 19.2. The van der Waals surface area contributed by atoms with Crippen LogP contribution in [-0.4, -0.2) is 25.0 Å². The molecule has 5 heteroatoms. The summed E-state index contributed by atoms with van der Waals surface area (Å²) in [5, 5.41) is 2.53. The van der Waals surface area contributed by atoms with Crippen LogP contribution in [-0.2, 0) is 19.4 Å². The third kappa shape index (κ3) is 2.88. The van der Waals surface area contributed by atoms with E-state index in [1.165, 1.54) is 49.9 Å². The zero-order valence-corrected chi connectivity index (χ0v) is 19.2. The summed E-state index contributed by atoms with van der Waals surface area (Å²) in [6.07, 6.45) is 1.80. The van der Waals surface area contributed by atoms with Gasteiger partial charge in [0.25, 0.3) is 0 Å². The first-order valence-corrected chi connectivity index (χ1v) is 12.1. The van der Waals surface area contributed by atoms with E-state index in [-0.39, 0.29) is 13.6 Å². The number of rotatable bonds is 2. The van der Waals surface area contributed by atoms with Crippen molar-refractivity contribution >= 4 is 22.0 Å². The van der Waals surface area contributed by atoms with Gasteiger partial charge in [0, 0.05) is 36.3 Å². The molecule has 0 unspecified atom stereocenters. The van der Waals surface area contributed by atoms with E-state index in [9.17, 15) is 0 Å². The fourth-order valence-corrected chi connectivity index (χ4v) is 5.98. The molecule has 0 saturated heterocycles. The van der Waals surface area contributed by atoms with E-state index in [1.54, 1.807) is 0 Å². The Morgan fingerprint density at radius 1 is 0.714 bits per heavy atom. The number of hydrogen-bond acceptors (Lipinski definition) is 5. The van der Waals surface area contributed by atoms with Gasteiger partial charge in [-0.1, -0.05) is 48.5 Å². The third-order valence-corrected chi connectivity index (χ3v) is 7.62. The third-order valence-electron chi connectivity index (χ3n) is 7.62. The number of ether oxygens (including phenoxy) is 4. The summed E-state index contributed by atoms with van der Waals surface area (Å²) in [6.45, 7) is 2.34. The van der Waals surface area contributed by atoms with Crippen LogP contribution < -0.4 is 18.9 Å². The van der Waals surface area contributed by atoms with E-state index in [1.807, 2.05) is 0 Å². The molecule has 0 spiro atoms. The summed E-state index contributed by atoms with van der Waals surface area (Å²) in [6, 6.07) is 24.0. The van der Waals surface area contributed by atoms with Gasteiger partial charge in [0.15, 0.2) is 23.0 Å². The molecule has 4 aromatic carbocycles. The summed E-state index contributed by atoms with van der Waals surface area (Å²) in [5.74, 6) is 3.43. The summed E-state index contributed by atoms with van der Waals surface area (Å²) in [5.41, 5.74) is 8.96. The minimum absolute atomic E-state index is 0.286. The van der Waals surface area contributed by atoms with Gasteiger partial charge in [-0.25, -0.2) is 0 Å². The smallest absolute Gasteiger partial charge is 0.231 e. The second-order valence-electron chi connectivity index (χ2n) is 9.55. The van der Waals surface area contributed by atoms with Crippen molar-refractivity contribution in [1.82, 2.24) is 4.90 Å². The van der Waals surface area contributed by atoms with Gasteiger partial charge in [-0.15, -0.1) is 0 Å². The molecule has 0 bridgehead atoms. The van der Waals surface area contributed by atoms with Crippen molar-refractivity contribution < 1.29 is 18.9 Å². The average molecular weight is 462 g/mol. The van der Waals surface area contributed by atoms with Gasteiger partial charge in [-0.05, 0) is 57.7 Å². The van der Waals surface area contributed by atoms with Gasteiger partial charge in [0.2, 0.25) is 13.6 Å². The fourth-order valence-electron chi connectivity index (χ4n) is 5.98. The largest absolute Gasteiger partial charge is 0.454 e. The second-order valence-corrected chi connectivity index (χ2v) is 9.55. The highest BCUT2D eigenvalue weighted by Gasteiger charge is 2.35. The van der Waals surface area contributed by atoms with E-state index in [4.69, 9.17) is 18.9 Å². The zero-order valence-electron chi connectivity index (χ0n) is 19.2. The molecule has 4 heterocycles. The minimum atomic E-state index is 0.286. The molecule has 0 saturated carbocycles. The van der Waals surface area contributed by atoms with Crippen LogP contribution in [0.4, 0.5) is 0 Å². The van der Waals surface area contributed by atoms with Crippen LogP contribution in [0.5, 0.6) is 23.0 Å². The van der Waals surface area contributed by atoms with Crippen LogP contribution in [0.15, 0.2) is 66.7 Å². The highest BCUT2D eigenvalue weighted by Crippen LogP contribution is 2.50. The Morgan fingerprint density at radius 3 is 2.49 bits per heavy atom. The lowest BCUT2D eigenvalue weighted by molar-refractivity contribution is 0.172. The Kier molecular flexibility index (Phi) is 3.95. The Morgan fingerprint density at radius 2 is 1.54 bits per heavy atom. The molecule has 5 nitrogen and oxygen atoms in total. The molecular formula is C30H23NO4.